The summed E-state index contributed by atoms with van der Waals surface area (Å²) in [5, 5.41) is 11.6. The van der Waals surface area contributed by atoms with Crippen LogP contribution < -0.4 is 0 Å². The number of nitrogens with zero attached hydrogens (tertiary/aromatic N) is 1. The maximum atomic E-state index is 11.1. The Kier molecular flexibility index (Phi) is 4.35. The second-order valence-electron chi connectivity index (χ2n) is 4.70. The van der Waals surface area contributed by atoms with E-state index in [1.54, 1.807) is 12.1 Å². The highest BCUT2D eigenvalue weighted by Gasteiger charge is 2.17. The molecule has 0 unspecified atom stereocenters. The van der Waals surface area contributed by atoms with Gasteiger partial charge in [0.05, 0.1) is 9.82 Å². The Balaban J connectivity index is 2.50. The summed E-state index contributed by atoms with van der Waals surface area (Å²) < 4.78 is 0. The fourth-order valence-corrected chi connectivity index (χ4v) is 3.49. The van der Waals surface area contributed by atoms with Gasteiger partial charge in [0.15, 0.2) is 0 Å². The number of hydrogen-bond acceptors (Lipinski definition) is 3. The predicted octanol–water partition coefficient (Wildman–Crippen LogP) is 5.32. The molecule has 104 valence electrons. The summed E-state index contributed by atoms with van der Waals surface area (Å²) in [5.74, 6) is 0. The molecule has 0 aliphatic rings. The predicted molar refractivity (Wildman–Crippen MR) is 82.9 cm³/mol. The molecule has 0 saturated heterocycles. The van der Waals surface area contributed by atoms with Gasteiger partial charge in [-0.3, -0.25) is 10.1 Å². The summed E-state index contributed by atoms with van der Waals surface area (Å²) in [6.07, 6.45) is 0. The first-order chi connectivity index (χ1) is 9.38. The smallest absolute Gasteiger partial charge is 0.258 e. The van der Waals surface area contributed by atoms with Crippen LogP contribution in [0.1, 0.15) is 16.7 Å². The van der Waals surface area contributed by atoms with Gasteiger partial charge in [0, 0.05) is 16.0 Å². The minimum absolute atomic E-state index is 0.0822. The van der Waals surface area contributed by atoms with Gasteiger partial charge in [-0.1, -0.05) is 41.1 Å². The molecule has 2 aromatic rings. The molecule has 0 spiro atoms. The van der Waals surface area contributed by atoms with Gasteiger partial charge >= 0.3 is 0 Å². The minimum atomic E-state index is -0.377. The molecule has 0 amide bonds. The minimum Gasteiger partial charge on any atom is -0.258 e. The highest BCUT2D eigenvalue weighted by atomic mass is 35.5. The molecule has 0 fully saturated rings. The zero-order chi connectivity index (χ0) is 14.9. The first-order valence-electron chi connectivity index (χ1n) is 6.08. The van der Waals surface area contributed by atoms with Crippen molar-refractivity contribution < 1.29 is 4.92 Å². The van der Waals surface area contributed by atoms with E-state index >= 15 is 0 Å². The zero-order valence-corrected chi connectivity index (χ0v) is 13.0. The van der Waals surface area contributed by atoms with Gasteiger partial charge < -0.3 is 0 Å². The van der Waals surface area contributed by atoms with Crippen LogP contribution in [0.15, 0.2) is 40.1 Å². The van der Waals surface area contributed by atoms with Crippen molar-refractivity contribution in [3.05, 3.63) is 62.2 Å². The Morgan fingerprint density at radius 1 is 1.10 bits per heavy atom. The molecule has 2 rings (SSSR count). The molecular weight excluding hydrogens is 294 g/mol. The Morgan fingerprint density at radius 3 is 2.25 bits per heavy atom. The van der Waals surface area contributed by atoms with Crippen LogP contribution in [0.2, 0.25) is 5.02 Å². The molecule has 0 aliphatic carbocycles. The van der Waals surface area contributed by atoms with Crippen LogP contribution in [-0.4, -0.2) is 4.92 Å². The molecule has 20 heavy (non-hydrogen) atoms. The summed E-state index contributed by atoms with van der Waals surface area (Å²) in [6, 6.07) is 8.78. The van der Waals surface area contributed by atoms with Crippen molar-refractivity contribution in [3.63, 3.8) is 0 Å². The lowest BCUT2D eigenvalue weighted by molar-refractivity contribution is -0.387. The van der Waals surface area contributed by atoms with E-state index in [2.05, 4.69) is 12.1 Å². The van der Waals surface area contributed by atoms with Crippen molar-refractivity contribution in [2.24, 2.45) is 0 Å². The van der Waals surface area contributed by atoms with Gasteiger partial charge in [-0.05, 0) is 44.0 Å². The average molecular weight is 308 g/mol. The second-order valence-corrected chi connectivity index (χ2v) is 6.19. The maximum Gasteiger partial charge on any atom is 0.283 e. The van der Waals surface area contributed by atoms with Gasteiger partial charge in [-0.25, -0.2) is 0 Å². The zero-order valence-electron chi connectivity index (χ0n) is 11.4. The molecule has 0 aliphatic heterocycles. The molecule has 0 saturated carbocycles. The summed E-state index contributed by atoms with van der Waals surface area (Å²) in [4.78, 5) is 12.3. The third kappa shape index (κ3) is 3.14. The SMILES string of the molecule is Cc1cc(C)c(Sc2cc(Cl)ccc2[N+](=O)[O-])c(C)c1. The molecule has 0 radical (unpaired) electrons. The van der Waals surface area contributed by atoms with Gasteiger partial charge in [0.1, 0.15) is 0 Å². The normalized spacial score (nSPS) is 10.6. The second kappa shape index (κ2) is 5.85. The third-order valence-corrected chi connectivity index (χ3v) is 4.57. The number of aryl methyl sites for hydroxylation is 3. The van der Waals surface area contributed by atoms with E-state index in [9.17, 15) is 10.1 Å². The van der Waals surface area contributed by atoms with E-state index in [0.717, 1.165) is 16.0 Å². The fourth-order valence-electron chi connectivity index (χ4n) is 2.16. The van der Waals surface area contributed by atoms with Crippen LogP contribution in [-0.2, 0) is 0 Å². The van der Waals surface area contributed by atoms with Gasteiger partial charge in [-0.15, -0.1) is 0 Å². The van der Waals surface area contributed by atoms with Crippen LogP contribution in [0.5, 0.6) is 0 Å². The molecule has 3 nitrogen and oxygen atoms in total. The van der Waals surface area contributed by atoms with Gasteiger partial charge in [-0.2, -0.15) is 0 Å². The van der Waals surface area contributed by atoms with Crippen LogP contribution in [0.4, 0.5) is 5.69 Å². The lowest BCUT2D eigenvalue weighted by Crippen LogP contribution is -1.92. The van der Waals surface area contributed by atoms with Gasteiger partial charge in [0.2, 0.25) is 0 Å². The summed E-state index contributed by atoms with van der Waals surface area (Å²) in [7, 11) is 0. The Bertz CT molecular complexity index is 663. The molecular formula is C15H14ClNO2S. The Labute approximate surface area is 127 Å². The van der Waals surface area contributed by atoms with Crippen molar-refractivity contribution in [1.82, 2.24) is 0 Å². The molecule has 2 aromatic carbocycles. The van der Waals surface area contributed by atoms with E-state index in [4.69, 9.17) is 11.6 Å². The lowest BCUT2D eigenvalue weighted by Gasteiger charge is -2.11. The summed E-state index contributed by atoms with van der Waals surface area (Å²) in [6.45, 7) is 6.06. The first kappa shape index (κ1) is 14.9. The van der Waals surface area contributed by atoms with Crippen molar-refractivity contribution >= 4 is 29.1 Å². The highest BCUT2D eigenvalue weighted by molar-refractivity contribution is 7.99. The van der Waals surface area contributed by atoms with Crippen molar-refractivity contribution in [3.8, 4) is 0 Å². The van der Waals surface area contributed by atoms with Crippen molar-refractivity contribution in [1.29, 1.82) is 0 Å². The fraction of sp³-hybridized carbons (Fsp3) is 0.200. The van der Waals surface area contributed by atoms with Crippen molar-refractivity contribution in [2.75, 3.05) is 0 Å². The molecule has 0 N–H and O–H groups in total. The number of rotatable bonds is 3. The largest absolute Gasteiger partial charge is 0.283 e. The Morgan fingerprint density at radius 2 is 1.70 bits per heavy atom. The molecule has 0 atom stereocenters. The Hall–Kier alpha value is -1.52. The van der Waals surface area contributed by atoms with E-state index in [-0.39, 0.29) is 10.6 Å². The summed E-state index contributed by atoms with van der Waals surface area (Å²) in [5.41, 5.74) is 3.49. The average Bonchev–Trinajstić information content (AvgIpc) is 2.33. The first-order valence-corrected chi connectivity index (χ1v) is 7.27. The van der Waals surface area contributed by atoms with Crippen molar-refractivity contribution in [2.45, 2.75) is 30.6 Å². The van der Waals surface area contributed by atoms with Crippen LogP contribution in [0, 0.1) is 30.9 Å². The standard InChI is InChI=1S/C15H14ClNO2S/c1-9-6-10(2)15(11(3)7-9)20-14-8-12(16)4-5-13(14)17(18)19/h4-8H,1-3H3. The van der Waals surface area contributed by atoms with E-state index < -0.39 is 0 Å². The molecule has 0 bridgehead atoms. The number of halogens is 1. The van der Waals surface area contributed by atoms with Gasteiger partial charge in [0.25, 0.3) is 5.69 Å². The maximum absolute atomic E-state index is 11.1. The van der Waals surface area contributed by atoms with Crippen LogP contribution in [0.25, 0.3) is 0 Å². The highest BCUT2D eigenvalue weighted by Crippen LogP contribution is 2.39. The molecule has 0 heterocycles. The molecule has 5 heteroatoms. The van der Waals surface area contributed by atoms with Crippen LogP contribution in [0.3, 0.4) is 0 Å². The topological polar surface area (TPSA) is 43.1 Å². The van der Waals surface area contributed by atoms with E-state index in [1.807, 2.05) is 20.8 Å². The number of hydrogen-bond donors (Lipinski definition) is 0. The monoisotopic (exact) mass is 307 g/mol. The number of benzene rings is 2. The number of nitro benzene ring substituents is 1. The third-order valence-electron chi connectivity index (χ3n) is 2.94. The van der Waals surface area contributed by atoms with E-state index in [1.165, 1.54) is 23.4 Å². The van der Waals surface area contributed by atoms with E-state index in [0.29, 0.717) is 9.92 Å². The van der Waals surface area contributed by atoms with Crippen LogP contribution >= 0.6 is 23.4 Å². The number of nitro groups is 1. The quantitative estimate of drug-likeness (QED) is 0.569. The molecule has 0 aromatic heterocycles. The lowest BCUT2D eigenvalue weighted by atomic mass is 10.1. The summed E-state index contributed by atoms with van der Waals surface area (Å²) >= 11 is 7.35.